The Labute approximate surface area is 90.6 Å². The van der Waals surface area contributed by atoms with Crippen LogP contribution in [0.3, 0.4) is 0 Å². The van der Waals surface area contributed by atoms with Crippen molar-refractivity contribution in [2.75, 3.05) is 25.6 Å². The molecular weight excluding hydrogens is 223 g/mol. The van der Waals surface area contributed by atoms with Gasteiger partial charge >= 0.3 is 0 Å². The van der Waals surface area contributed by atoms with Crippen molar-refractivity contribution < 1.29 is 22.1 Å². The molecule has 0 rings (SSSR count). The van der Waals surface area contributed by atoms with E-state index < -0.39 is 10.1 Å². The maximum atomic E-state index is 11.7. The second-order valence-corrected chi connectivity index (χ2v) is 4.93. The van der Waals surface area contributed by atoms with Gasteiger partial charge in [-0.1, -0.05) is 12.8 Å². The van der Waals surface area contributed by atoms with Crippen LogP contribution in [0.25, 0.3) is 0 Å². The third kappa shape index (κ3) is 13.8. The van der Waals surface area contributed by atoms with E-state index in [0.29, 0.717) is 26.1 Å². The first-order chi connectivity index (χ1) is 7.06. The van der Waals surface area contributed by atoms with Gasteiger partial charge in [-0.05, 0) is 19.3 Å². The van der Waals surface area contributed by atoms with E-state index in [1.165, 1.54) is 0 Å². The van der Waals surface area contributed by atoms with Crippen LogP contribution >= 0.6 is 0 Å². The molecule has 0 aliphatic rings. The van der Waals surface area contributed by atoms with Crippen LogP contribution in [0.2, 0.25) is 0 Å². The average Bonchev–Trinajstić information content (AvgIpc) is 2.14. The Morgan fingerprint density at radius 3 is 2.20 bits per heavy atom. The fraction of sp³-hybridized carbons (Fsp3) is 1.00. The molecule has 1 N–H and O–H groups in total. The Bertz CT molecular complexity index is 228. The summed E-state index contributed by atoms with van der Waals surface area (Å²) in [4.78, 5) is 0. The highest BCUT2D eigenvalue weighted by Gasteiger charge is 2.02. The quantitative estimate of drug-likeness (QED) is 0.469. The first-order valence-corrected chi connectivity index (χ1v) is 6.76. The lowest BCUT2D eigenvalue weighted by molar-refractivity contribution is 0.130. The minimum absolute atomic E-state index is 0.255. The van der Waals surface area contributed by atoms with Crippen molar-refractivity contribution in [3.63, 3.8) is 0 Å². The van der Waals surface area contributed by atoms with E-state index in [0.717, 1.165) is 19.3 Å². The number of hydrogen-bond acceptors (Lipinski definition) is 3. The Morgan fingerprint density at radius 2 is 1.60 bits per heavy atom. The van der Waals surface area contributed by atoms with Crippen LogP contribution in [0, 0.1) is 0 Å². The highest BCUT2D eigenvalue weighted by atomic mass is 32.2. The third-order valence-corrected chi connectivity index (χ3v) is 2.67. The predicted octanol–water partition coefficient (Wildman–Crippen LogP) is 1.81. The van der Waals surface area contributed by atoms with Gasteiger partial charge in [-0.15, -0.1) is 0 Å². The monoisotopic (exact) mass is 242 g/mol. The molecule has 15 heavy (non-hydrogen) atoms. The van der Waals surface area contributed by atoms with Crippen molar-refractivity contribution >= 4 is 10.1 Å². The smallest absolute Gasteiger partial charge is 0.264 e. The molecule has 0 unspecified atom stereocenters. The number of halogens is 1. The molecule has 0 aliphatic carbocycles. The number of hydrogen-bond donors (Lipinski definition) is 1. The van der Waals surface area contributed by atoms with Gasteiger partial charge in [0.05, 0.1) is 12.4 Å². The Morgan fingerprint density at radius 1 is 1.00 bits per heavy atom. The average molecular weight is 242 g/mol. The van der Waals surface area contributed by atoms with Gasteiger partial charge in [0, 0.05) is 13.2 Å². The fourth-order valence-electron chi connectivity index (χ4n) is 1.10. The van der Waals surface area contributed by atoms with E-state index >= 15 is 0 Å². The van der Waals surface area contributed by atoms with Gasteiger partial charge in [0.15, 0.2) is 0 Å². The van der Waals surface area contributed by atoms with E-state index in [-0.39, 0.29) is 12.4 Å². The van der Waals surface area contributed by atoms with Crippen LogP contribution in [-0.4, -0.2) is 38.6 Å². The summed E-state index contributed by atoms with van der Waals surface area (Å²) in [6.07, 6.45) is 3.57. The van der Waals surface area contributed by atoms with Crippen molar-refractivity contribution in [3.05, 3.63) is 0 Å². The number of unbranched alkanes of at least 4 members (excludes halogenated alkanes) is 3. The molecule has 0 saturated heterocycles. The molecule has 0 heterocycles. The van der Waals surface area contributed by atoms with Gasteiger partial charge in [0.2, 0.25) is 0 Å². The van der Waals surface area contributed by atoms with E-state index in [1.54, 1.807) is 0 Å². The molecule has 6 heteroatoms. The van der Waals surface area contributed by atoms with Gasteiger partial charge < -0.3 is 4.74 Å². The van der Waals surface area contributed by atoms with Crippen LogP contribution < -0.4 is 0 Å². The fourth-order valence-corrected chi connectivity index (χ4v) is 1.58. The van der Waals surface area contributed by atoms with Crippen molar-refractivity contribution in [1.82, 2.24) is 0 Å². The summed E-state index contributed by atoms with van der Waals surface area (Å²) in [6.45, 7) is 0.635. The minimum Gasteiger partial charge on any atom is -0.381 e. The van der Waals surface area contributed by atoms with Gasteiger partial charge in [0.1, 0.15) is 0 Å². The lowest BCUT2D eigenvalue weighted by Gasteiger charge is -2.02. The van der Waals surface area contributed by atoms with E-state index in [2.05, 4.69) is 0 Å². The Kier molecular flexibility index (Phi) is 8.94. The molecule has 0 radical (unpaired) electrons. The molecule has 0 atom stereocenters. The molecule has 0 bridgehead atoms. The topological polar surface area (TPSA) is 63.6 Å². The second-order valence-electron chi connectivity index (χ2n) is 3.36. The van der Waals surface area contributed by atoms with Crippen molar-refractivity contribution in [1.29, 1.82) is 0 Å². The van der Waals surface area contributed by atoms with E-state index in [9.17, 15) is 12.8 Å². The summed E-state index contributed by atoms with van der Waals surface area (Å²) < 4.78 is 45.8. The van der Waals surface area contributed by atoms with Gasteiger partial charge in [-0.3, -0.25) is 8.94 Å². The molecule has 0 aliphatic heterocycles. The number of ether oxygens (including phenoxy) is 1. The molecule has 0 amide bonds. The highest BCUT2D eigenvalue weighted by Crippen LogP contribution is 2.00. The lowest BCUT2D eigenvalue weighted by atomic mass is 10.2. The van der Waals surface area contributed by atoms with Crippen molar-refractivity contribution in [2.24, 2.45) is 0 Å². The maximum absolute atomic E-state index is 11.7. The molecule has 92 valence electrons. The molecule has 0 aromatic heterocycles. The van der Waals surface area contributed by atoms with Crippen molar-refractivity contribution in [3.8, 4) is 0 Å². The second kappa shape index (κ2) is 9.06. The highest BCUT2D eigenvalue weighted by molar-refractivity contribution is 7.85. The Balaban J connectivity index is 3.06. The zero-order valence-electron chi connectivity index (χ0n) is 8.82. The maximum Gasteiger partial charge on any atom is 0.264 e. The van der Waals surface area contributed by atoms with Crippen LogP contribution in [0.15, 0.2) is 0 Å². The molecule has 0 saturated carbocycles. The molecule has 0 aromatic carbocycles. The summed E-state index contributed by atoms with van der Waals surface area (Å²) in [5, 5.41) is 0. The summed E-state index contributed by atoms with van der Waals surface area (Å²) >= 11 is 0. The molecular formula is C9H19FO4S. The van der Waals surface area contributed by atoms with Gasteiger partial charge in [-0.25, -0.2) is 0 Å². The molecule has 0 spiro atoms. The normalized spacial score (nSPS) is 11.9. The summed E-state index contributed by atoms with van der Waals surface area (Å²) in [5.41, 5.74) is 0. The van der Waals surface area contributed by atoms with Crippen molar-refractivity contribution in [2.45, 2.75) is 32.1 Å². The number of alkyl halides is 1. The minimum atomic E-state index is -3.85. The van der Waals surface area contributed by atoms with Crippen LogP contribution in [-0.2, 0) is 14.9 Å². The van der Waals surface area contributed by atoms with E-state index in [4.69, 9.17) is 9.29 Å². The van der Waals surface area contributed by atoms with Crippen LogP contribution in [0.5, 0.6) is 0 Å². The van der Waals surface area contributed by atoms with Crippen LogP contribution in [0.1, 0.15) is 32.1 Å². The Hall–Kier alpha value is -0.200. The summed E-state index contributed by atoms with van der Waals surface area (Å²) in [5.74, 6) is -0.255. The predicted molar refractivity (Wildman–Crippen MR) is 56.3 cm³/mol. The third-order valence-electron chi connectivity index (χ3n) is 1.86. The first-order valence-electron chi connectivity index (χ1n) is 5.15. The van der Waals surface area contributed by atoms with E-state index in [1.807, 2.05) is 0 Å². The number of rotatable bonds is 10. The van der Waals surface area contributed by atoms with Gasteiger partial charge in [-0.2, -0.15) is 8.42 Å². The zero-order chi connectivity index (χ0) is 11.6. The first kappa shape index (κ1) is 14.8. The van der Waals surface area contributed by atoms with Gasteiger partial charge in [0.25, 0.3) is 10.1 Å². The zero-order valence-corrected chi connectivity index (χ0v) is 9.64. The molecule has 0 fully saturated rings. The molecule has 4 nitrogen and oxygen atoms in total. The lowest BCUT2D eigenvalue weighted by Crippen LogP contribution is -2.07. The van der Waals surface area contributed by atoms with Crippen LogP contribution in [0.4, 0.5) is 4.39 Å². The molecule has 0 aromatic rings. The summed E-state index contributed by atoms with van der Waals surface area (Å²) in [6, 6.07) is 0. The largest absolute Gasteiger partial charge is 0.381 e. The standard InChI is InChI=1S/C9H19FO4S/c10-6-3-1-2-4-7-14-8-5-9-15(11,12)13/h1-9H2,(H,11,12,13). The summed E-state index contributed by atoms with van der Waals surface area (Å²) in [7, 11) is -3.85. The SMILES string of the molecule is O=S(=O)(O)CCCOCCCCCCF.